The van der Waals surface area contributed by atoms with Crippen molar-refractivity contribution in [2.75, 3.05) is 13.2 Å². The van der Waals surface area contributed by atoms with Crippen LogP contribution in [0.1, 0.15) is 13.8 Å². The molecule has 0 aliphatic heterocycles. The monoisotopic (exact) mass is 284 g/mol. The van der Waals surface area contributed by atoms with Crippen LogP contribution in [0.3, 0.4) is 0 Å². The molecule has 0 fully saturated rings. The number of carbonyl (C=O) groups excluding carboxylic acids is 2. The Kier molecular flexibility index (Phi) is 7.37. The lowest BCUT2D eigenvalue weighted by atomic mass is 10.1. The summed E-state index contributed by atoms with van der Waals surface area (Å²) >= 11 is 0. The second-order valence-corrected chi connectivity index (χ2v) is 11.2. The lowest BCUT2D eigenvalue weighted by Gasteiger charge is -2.16. The highest BCUT2D eigenvalue weighted by molar-refractivity contribution is 6.76. The molecular formula is C14H24O4Si. The average molecular weight is 284 g/mol. The lowest BCUT2D eigenvalue weighted by Crippen LogP contribution is -2.18. The van der Waals surface area contributed by atoms with Crippen LogP contribution in [-0.2, 0) is 19.1 Å². The summed E-state index contributed by atoms with van der Waals surface area (Å²) < 4.78 is 9.92. The Labute approximate surface area is 116 Å². The zero-order chi connectivity index (χ0) is 15.1. The van der Waals surface area contributed by atoms with E-state index in [1.165, 1.54) is 13.8 Å². The summed E-state index contributed by atoms with van der Waals surface area (Å²) in [5, 5.41) is 0. The maximum atomic E-state index is 10.9. The summed E-state index contributed by atoms with van der Waals surface area (Å²) in [7, 11) is -1.23. The van der Waals surface area contributed by atoms with Crippen molar-refractivity contribution < 1.29 is 19.1 Å². The smallest absolute Gasteiger partial charge is 0.302 e. The Morgan fingerprint density at radius 2 is 1.53 bits per heavy atom. The molecule has 0 heterocycles. The number of allylic oxidation sites excluding steroid dienone is 1. The second kappa shape index (κ2) is 7.94. The third kappa shape index (κ3) is 10.3. The van der Waals surface area contributed by atoms with Crippen molar-refractivity contribution in [3.05, 3.63) is 23.8 Å². The summed E-state index contributed by atoms with van der Waals surface area (Å²) in [6.07, 6.45) is 2.04. The topological polar surface area (TPSA) is 52.6 Å². The average Bonchev–Trinajstić information content (AvgIpc) is 2.24. The first-order valence-corrected chi connectivity index (χ1v) is 9.96. The van der Waals surface area contributed by atoms with Crippen molar-refractivity contribution in [3.8, 4) is 0 Å². The van der Waals surface area contributed by atoms with Gasteiger partial charge in [0.15, 0.2) is 0 Å². The number of carbonyl (C=O) groups is 2. The van der Waals surface area contributed by atoms with E-state index >= 15 is 0 Å². The molecule has 0 atom stereocenters. The fraction of sp³-hybridized carbons (Fsp3) is 0.571. The maximum Gasteiger partial charge on any atom is 0.302 e. The van der Waals surface area contributed by atoms with Gasteiger partial charge in [0.05, 0.1) is 0 Å². The summed E-state index contributed by atoms with van der Waals surface area (Å²) in [5.41, 5.74) is 1.51. The summed E-state index contributed by atoms with van der Waals surface area (Å²) in [6, 6.07) is 0.961. The highest BCUT2D eigenvalue weighted by Gasteiger charge is 2.13. The van der Waals surface area contributed by atoms with Crippen LogP contribution in [0.4, 0.5) is 0 Å². The molecule has 0 aromatic carbocycles. The van der Waals surface area contributed by atoms with E-state index in [0.717, 1.165) is 11.6 Å². The Morgan fingerprint density at radius 1 is 1.05 bits per heavy atom. The van der Waals surface area contributed by atoms with Crippen LogP contribution < -0.4 is 0 Å². The Balaban J connectivity index is 4.69. The molecule has 4 nitrogen and oxygen atoms in total. The predicted octanol–water partition coefficient (Wildman–Crippen LogP) is 2.93. The maximum absolute atomic E-state index is 10.9. The molecule has 0 bridgehead atoms. The van der Waals surface area contributed by atoms with Gasteiger partial charge in [-0.25, -0.2) is 0 Å². The first-order chi connectivity index (χ1) is 8.61. The third-order valence-corrected chi connectivity index (χ3v) is 3.72. The molecule has 0 aliphatic rings. The summed E-state index contributed by atoms with van der Waals surface area (Å²) in [5.74, 6) is -0.683. The largest absolute Gasteiger partial charge is 0.461 e. The minimum atomic E-state index is -1.23. The molecule has 0 saturated carbocycles. The van der Waals surface area contributed by atoms with Crippen LogP contribution in [0.25, 0.3) is 0 Å². The molecule has 0 unspecified atom stereocenters. The van der Waals surface area contributed by atoms with Crippen molar-refractivity contribution in [1.29, 1.82) is 0 Å². The van der Waals surface area contributed by atoms with Gasteiger partial charge < -0.3 is 9.47 Å². The molecule has 0 rings (SSSR count). The Morgan fingerprint density at radius 3 is 1.95 bits per heavy atom. The number of hydrogen-bond acceptors (Lipinski definition) is 4. The van der Waals surface area contributed by atoms with Gasteiger partial charge in [0, 0.05) is 21.9 Å². The molecule has 5 heteroatoms. The van der Waals surface area contributed by atoms with E-state index < -0.39 is 8.07 Å². The van der Waals surface area contributed by atoms with Crippen molar-refractivity contribution >= 4 is 20.0 Å². The number of ether oxygens (including phenoxy) is 2. The predicted molar refractivity (Wildman–Crippen MR) is 78.6 cm³/mol. The molecular weight excluding hydrogens is 260 g/mol. The molecule has 0 N–H and O–H groups in total. The minimum Gasteiger partial charge on any atom is -0.461 e. The SMILES string of the molecule is C=C(COC(C)=O)/C(=C\C[Si](C)(C)C)COC(C)=O. The highest BCUT2D eigenvalue weighted by atomic mass is 28.3. The lowest BCUT2D eigenvalue weighted by molar-refractivity contribution is -0.141. The van der Waals surface area contributed by atoms with Gasteiger partial charge in [-0.05, 0) is 17.2 Å². The van der Waals surface area contributed by atoms with Gasteiger partial charge in [0.25, 0.3) is 0 Å². The van der Waals surface area contributed by atoms with Gasteiger partial charge in [-0.2, -0.15) is 0 Å². The second-order valence-electron chi connectivity index (χ2n) is 5.66. The fourth-order valence-electron chi connectivity index (χ4n) is 1.20. The first kappa shape index (κ1) is 17.6. The van der Waals surface area contributed by atoms with Crippen LogP contribution in [0.5, 0.6) is 0 Å². The van der Waals surface area contributed by atoms with Crippen molar-refractivity contribution in [3.63, 3.8) is 0 Å². The fourth-order valence-corrected chi connectivity index (χ4v) is 2.05. The van der Waals surface area contributed by atoms with Gasteiger partial charge in [-0.3, -0.25) is 9.59 Å². The normalized spacial score (nSPS) is 11.9. The quantitative estimate of drug-likeness (QED) is 0.410. The van der Waals surface area contributed by atoms with Gasteiger partial charge in [0.2, 0.25) is 0 Å². The summed E-state index contributed by atoms with van der Waals surface area (Å²) in [6.45, 7) is 13.7. The molecule has 0 aliphatic carbocycles. The van der Waals surface area contributed by atoms with Crippen molar-refractivity contribution in [2.24, 2.45) is 0 Å². The van der Waals surface area contributed by atoms with Crippen LogP contribution >= 0.6 is 0 Å². The number of rotatable bonds is 7. The zero-order valence-corrected chi connectivity index (χ0v) is 13.5. The van der Waals surface area contributed by atoms with Gasteiger partial charge in [0.1, 0.15) is 13.2 Å². The van der Waals surface area contributed by atoms with E-state index in [2.05, 4.69) is 26.2 Å². The van der Waals surface area contributed by atoms with Gasteiger partial charge in [-0.15, -0.1) is 0 Å². The van der Waals surface area contributed by atoms with E-state index in [1.807, 2.05) is 6.08 Å². The molecule has 0 saturated heterocycles. The van der Waals surface area contributed by atoms with Crippen molar-refractivity contribution in [1.82, 2.24) is 0 Å². The van der Waals surface area contributed by atoms with Crippen molar-refractivity contribution in [2.45, 2.75) is 39.5 Å². The molecule has 0 radical (unpaired) electrons. The zero-order valence-electron chi connectivity index (χ0n) is 12.5. The molecule has 0 spiro atoms. The van der Waals surface area contributed by atoms with Crippen LogP contribution in [0.15, 0.2) is 23.8 Å². The standard InChI is InChI=1S/C14H24O4Si/c1-11(9-17-12(2)15)14(10-18-13(3)16)7-8-19(4,5)6/h7H,1,8-10H2,2-6H3/b14-7-. The van der Waals surface area contributed by atoms with Crippen LogP contribution in [0, 0.1) is 0 Å². The number of hydrogen-bond donors (Lipinski definition) is 0. The van der Waals surface area contributed by atoms with E-state index in [-0.39, 0.29) is 25.2 Å². The molecule has 108 valence electrons. The van der Waals surface area contributed by atoms with Gasteiger partial charge in [-0.1, -0.05) is 32.3 Å². The molecule has 0 aromatic rings. The minimum absolute atomic E-state index is 0.133. The number of esters is 2. The molecule has 19 heavy (non-hydrogen) atoms. The Hall–Kier alpha value is -1.36. The van der Waals surface area contributed by atoms with Gasteiger partial charge >= 0.3 is 11.9 Å². The van der Waals surface area contributed by atoms with Crippen LogP contribution in [-0.4, -0.2) is 33.2 Å². The van der Waals surface area contributed by atoms with E-state index in [9.17, 15) is 9.59 Å². The van der Waals surface area contributed by atoms with E-state index in [4.69, 9.17) is 9.47 Å². The molecule has 0 aromatic heterocycles. The first-order valence-electron chi connectivity index (χ1n) is 6.25. The van der Waals surface area contributed by atoms with Crippen LogP contribution in [0.2, 0.25) is 25.7 Å². The third-order valence-electron chi connectivity index (χ3n) is 2.30. The van der Waals surface area contributed by atoms with E-state index in [1.54, 1.807) is 0 Å². The molecule has 0 amide bonds. The van der Waals surface area contributed by atoms with E-state index in [0.29, 0.717) is 5.57 Å². The Bertz CT molecular complexity index is 377. The summed E-state index contributed by atoms with van der Waals surface area (Å²) in [4.78, 5) is 21.7. The highest BCUT2D eigenvalue weighted by Crippen LogP contribution is 2.16.